The summed E-state index contributed by atoms with van der Waals surface area (Å²) in [7, 11) is 0. The number of piperidine rings is 1. The highest BCUT2D eigenvalue weighted by Crippen LogP contribution is 2.14. The minimum absolute atomic E-state index is 0.0985. The summed E-state index contributed by atoms with van der Waals surface area (Å²) in [5.41, 5.74) is 0. The number of hydrogen-bond acceptors (Lipinski definition) is 3. The molecule has 1 aliphatic heterocycles. The first-order valence-electron chi connectivity index (χ1n) is 5.70. The summed E-state index contributed by atoms with van der Waals surface area (Å²) in [6, 6.07) is 0. The van der Waals surface area contributed by atoms with Gasteiger partial charge in [0.25, 0.3) is 0 Å². The molecule has 1 rings (SSSR count). The van der Waals surface area contributed by atoms with Gasteiger partial charge in [0.15, 0.2) is 0 Å². The average Bonchev–Trinajstić information content (AvgIpc) is 2.27. The van der Waals surface area contributed by atoms with E-state index in [9.17, 15) is 9.59 Å². The topological polar surface area (TPSA) is 49.4 Å². The summed E-state index contributed by atoms with van der Waals surface area (Å²) < 4.78 is 0. The van der Waals surface area contributed by atoms with Crippen LogP contribution in [0, 0.1) is 5.92 Å². The Balaban J connectivity index is 2.17. The van der Waals surface area contributed by atoms with Crippen LogP contribution in [0.15, 0.2) is 0 Å². The van der Waals surface area contributed by atoms with E-state index in [4.69, 9.17) is 0 Å². The van der Waals surface area contributed by atoms with Gasteiger partial charge in [0.05, 0.1) is 6.54 Å². The molecule has 1 fully saturated rings. The fourth-order valence-corrected chi connectivity index (χ4v) is 1.77. The van der Waals surface area contributed by atoms with Crippen LogP contribution in [0.25, 0.3) is 0 Å². The van der Waals surface area contributed by atoms with Gasteiger partial charge in [-0.25, -0.2) is 0 Å². The fraction of sp³-hybridized carbons (Fsp3) is 0.818. The van der Waals surface area contributed by atoms with Crippen LogP contribution in [0.2, 0.25) is 0 Å². The smallest absolute Gasteiger partial charge is 0.234 e. The van der Waals surface area contributed by atoms with E-state index < -0.39 is 0 Å². The van der Waals surface area contributed by atoms with Crippen molar-refractivity contribution in [2.24, 2.45) is 5.92 Å². The summed E-state index contributed by atoms with van der Waals surface area (Å²) in [6.07, 6.45) is 3.79. The summed E-state index contributed by atoms with van der Waals surface area (Å²) in [5, 5.41) is 2.85. The lowest BCUT2D eigenvalue weighted by atomic mass is 9.99. The third-order valence-corrected chi connectivity index (χ3v) is 2.76. The maximum Gasteiger partial charge on any atom is 0.234 e. The Morgan fingerprint density at radius 1 is 1.47 bits per heavy atom. The molecule has 0 unspecified atom stereocenters. The van der Waals surface area contributed by atoms with Crippen LogP contribution in [0.4, 0.5) is 0 Å². The maximum atomic E-state index is 11.4. The second kappa shape index (κ2) is 6.56. The molecule has 0 aliphatic carbocycles. The van der Waals surface area contributed by atoms with Crippen LogP contribution in [0.1, 0.15) is 26.2 Å². The predicted molar refractivity (Wildman–Crippen MR) is 58.5 cm³/mol. The molecule has 0 aromatic rings. The van der Waals surface area contributed by atoms with E-state index in [0.29, 0.717) is 6.54 Å². The van der Waals surface area contributed by atoms with Crippen molar-refractivity contribution in [3.63, 3.8) is 0 Å². The highest BCUT2D eigenvalue weighted by atomic mass is 16.2. The molecule has 1 heterocycles. The Bertz CT molecular complexity index is 211. The number of carbonyl (C=O) groups is 2. The van der Waals surface area contributed by atoms with Gasteiger partial charge >= 0.3 is 0 Å². The van der Waals surface area contributed by atoms with E-state index in [-0.39, 0.29) is 11.8 Å². The van der Waals surface area contributed by atoms with Crippen LogP contribution < -0.4 is 5.32 Å². The molecule has 0 aromatic heterocycles. The Labute approximate surface area is 91.0 Å². The lowest BCUT2D eigenvalue weighted by Gasteiger charge is -2.28. The SMILES string of the molecule is CCCNC(=O)CN1CCC(C=O)CC1. The molecule has 15 heavy (non-hydrogen) atoms. The summed E-state index contributed by atoms with van der Waals surface area (Å²) in [6.45, 7) is 5.00. The molecule has 0 atom stereocenters. The number of likely N-dealkylation sites (tertiary alicyclic amines) is 1. The number of aldehydes is 1. The minimum Gasteiger partial charge on any atom is -0.355 e. The van der Waals surface area contributed by atoms with Crippen LogP contribution in [-0.4, -0.2) is 43.3 Å². The van der Waals surface area contributed by atoms with Crippen molar-refractivity contribution in [3.8, 4) is 0 Å². The lowest BCUT2D eigenvalue weighted by molar-refractivity contribution is -0.122. The van der Waals surface area contributed by atoms with Gasteiger partial charge in [-0.15, -0.1) is 0 Å². The van der Waals surface area contributed by atoms with Gasteiger partial charge < -0.3 is 10.1 Å². The molecule has 4 nitrogen and oxygen atoms in total. The highest BCUT2D eigenvalue weighted by Gasteiger charge is 2.19. The summed E-state index contributed by atoms with van der Waals surface area (Å²) in [4.78, 5) is 24.0. The Morgan fingerprint density at radius 2 is 2.13 bits per heavy atom. The molecule has 0 bridgehead atoms. The number of amides is 1. The fourth-order valence-electron chi connectivity index (χ4n) is 1.77. The van der Waals surface area contributed by atoms with Crippen molar-refractivity contribution in [2.45, 2.75) is 26.2 Å². The first kappa shape index (κ1) is 12.2. The van der Waals surface area contributed by atoms with E-state index in [1.54, 1.807) is 0 Å². The van der Waals surface area contributed by atoms with Crippen molar-refractivity contribution in [1.29, 1.82) is 0 Å². The van der Waals surface area contributed by atoms with Crippen molar-refractivity contribution in [2.75, 3.05) is 26.2 Å². The average molecular weight is 212 g/mol. The zero-order chi connectivity index (χ0) is 11.1. The van der Waals surface area contributed by atoms with Gasteiger partial charge in [-0.3, -0.25) is 9.69 Å². The molecule has 0 aromatic carbocycles. The van der Waals surface area contributed by atoms with E-state index in [1.807, 2.05) is 6.92 Å². The van der Waals surface area contributed by atoms with Crippen molar-refractivity contribution in [1.82, 2.24) is 10.2 Å². The number of nitrogens with zero attached hydrogens (tertiary/aromatic N) is 1. The third-order valence-electron chi connectivity index (χ3n) is 2.76. The zero-order valence-electron chi connectivity index (χ0n) is 9.37. The van der Waals surface area contributed by atoms with Crippen LogP contribution in [-0.2, 0) is 9.59 Å². The van der Waals surface area contributed by atoms with Gasteiger partial charge in [0.1, 0.15) is 6.29 Å². The van der Waals surface area contributed by atoms with Crippen molar-refractivity contribution in [3.05, 3.63) is 0 Å². The Kier molecular flexibility index (Phi) is 5.32. The van der Waals surface area contributed by atoms with Gasteiger partial charge in [-0.1, -0.05) is 6.92 Å². The summed E-state index contributed by atoms with van der Waals surface area (Å²) in [5.74, 6) is 0.307. The monoisotopic (exact) mass is 212 g/mol. The molecule has 86 valence electrons. The molecule has 1 amide bonds. The minimum atomic E-state index is 0.0985. The molecule has 1 aliphatic rings. The molecule has 4 heteroatoms. The Morgan fingerprint density at radius 3 is 2.67 bits per heavy atom. The number of hydrogen-bond donors (Lipinski definition) is 1. The second-order valence-electron chi connectivity index (χ2n) is 4.10. The van der Waals surface area contributed by atoms with Crippen molar-refractivity contribution >= 4 is 12.2 Å². The number of rotatable bonds is 5. The molecule has 0 radical (unpaired) electrons. The summed E-state index contributed by atoms with van der Waals surface area (Å²) >= 11 is 0. The zero-order valence-corrected chi connectivity index (χ0v) is 9.37. The molecule has 1 saturated heterocycles. The Hall–Kier alpha value is -0.900. The largest absolute Gasteiger partial charge is 0.355 e. The third kappa shape index (κ3) is 4.42. The van der Waals surface area contributed by atoms with Crippen LogP contribution >= 0.6 is 0 Å². The van der Waals surface area contributed by atoms with E-state index in [1.165, 1.54) is 0 Å². The molecule has 1 N–H and O–H groups in total. The normalized spacial score (nSPS) is 18.7. The molecule has 0 saturated carbocycles. The van der Waals surface area contributed by atoms with Crippen LogP contribution in [0.5, 0.6) is 0 Å². The molecule has 0 spiro atoms. The molecular weight excluding hydrogens is 192 g/mol. The highest BCUT2D eigenvalue weighted by molar-refractivity contribution is 5.78. The van der Waals surface area contributed by atoms with Gasteiger partial charge in [-0.05, 0) is 32.4 Å². The first-order chi connectivity index (χ1) is 7.26. The van der Waals surface area contributed by atoms with Crippen molar-refractivity contribution < 1.29 is 9.59 Å². The molecular formula is C11H20N2O2. The maximum absolute atomic E-state index is 11.4. The number of carbonyl (C=O) groups excluding carboxylic acids is 2. The standard InChI is InChI=1S/C11H20N2O2/c1-2-5-12-11(15)8-13-6-3-10(9-14)4-7-13/h9-10H,2-8H2,1H3,(H,12,15). The quantitative estimate of drug-likeness (QED) is 0.672. The van der Waals surface area contributed by atoms with E-state index in [0.717, 1.165) is 45.2 Å². The predicted octanol–water partition coefficient (Wildman–Crippen LogP) is 0.424. The van der Waals surface area contributed by atoms with Gasteiger partial charge in [0, 0.05) is 12.5 Å². The van der Waals surface area contributed by atoms with E-state index >= 15 is 0 Å². The number of nitrogens with one attached hydrogen (secondary N) is 1. The van der Waals surface area contributed by atoms with Gasteiger partial charge in [-0.2, -0.15) is 0 Å². The van der Waals surface area contributed by atoms with Gasteiger partial charge in [0.2, 0.25) is 5.91 Å². The van der Waals surface area contributed by atoms with Crippen LogP contribution in [0.3, 0.4) is 0 Å². The lowest BCUT2D eigenvalue weighted by Crippen LogP contribution is -2.41. The second-order valence-corrected chi connectivity index (χ2v) is 4.10. The first-order valence-corrected chi connectivity index (χ1v) is 5.70. The van der Waals surface area contributed by atoms with E-state index in [2.05, 4.69) is 10.2 Å².